The molecule has 4 aliphatic rings. The Morgan fingerprint density at radius 1 is 1.20 bits per heavy atom. The van der Waals surface area contributed by atoms with Crippen molar-refractivity contribution in [2.45, 2.75) is 90.3 Å². The van der Waals surface area contributed by atoms with E-state index in [1.54, 1.807) is 20.8 Å². The van der Waals surface area contributed by atoms with Crippen LogP contribution >= 0.6 is 11.8 Å². The van der Waals surface area contributed by atoms with Crippen LogP contribution in [0.5, 0.6) is 0 Å². The largest absolute Gasteiger partial charge is 0.473 e. The topological polar surface area (TPSA) is 112 Å². The highest BCUT2D eigenvalue weighted by molar-refractivity contribution is 8.14. The van der Waals surface area contributed by atoms with Gasteiger partial charge >= 0.3 is 11.9 Å². The Balaban J connectivity index is 1.44. The second-order valence-electron chi connectivity index (χ2n) is 13.8. The van der Waals surface area contributed by atoms with Gasteiger partial charge in [-0.2, -0.15) is 0 Å². The molecular formula is C35H42F2O8S. The van der Waals surface area contributed by atoms with Crippen molar-refractivity contribution in [2.24, 2.45) is 34.5 Å². The highest BCUT2D eigenvalue weighted by Crippen LogP contribution is 2.72. The summed E-state index contributed by atoms with van der Waals surface area (Å²) < 4.78 is 55.2. The van der Waals surface area contributed by atoms with E-state index in [-0.39, 0.29) is 48.9 Å². The van der Waals surface area contributed by atoms with Gasteiger partial charge in [-0.1, -0.05) is 51.3 Å². The van der Waals surface area contributed by atoms with Crippen LogP contribution < -0.4 is 0 Å². The maximum atomic E-state index is 17.6. The van der Waals surface area contributed by atoms with E-state index in [4.69, 9.17) is 18.6 Å². The number of ether oxygens (including phenoxy) is 3. The highest BCUT2D eigenvalue weighted by atomic mass is 32.2. The number of carbonyl (C=O) groups is 3. The highest BCUT2D eigenvalue weighted by Gasteiger charge is 2.78. The molecule has 3 aliphatic carbocycles. The molecule has 1 aromatic rings. The van der Waals surface area contributed by atoms with Crippen LogP contribution in [0.4, 0.5) is 8.78 Å². The zero-order valence-corrected chi connectivity index (χ0v) is 27.7. The fourth-order valence-corrected chi connectivity index (χ4v) is 9.50. The molecule has 2 heterocycles. The molecule has 0 amide bonds. The van der Waals surface area contributed by atoms with Crippen LogP contribution in [0.15, 0.2) is 47.0 Å². The lowest BCUT2D eigenvalue weighted by atomic mass is 9.45. The number of furan rings is 1. The molecular weight excluding hydrogens is 618 g/mol. The van der Waals surface area contributed by atoms with E-state index in [1.807, 2.05) is 13.8 Å². The van der Waals surface area contributed by atoms with Crippen molar-refractivity contribution in [3.05, 3.63) is 48.3 Å². The summed E-state index contributed by atoms with van der Waals surface area (Å²) in [6.07, 6.45) is 3.01. The average Bonchev–Trinajstić information content (AvgIpc) is 3.62. The van der Waals surface area contributed by atoms with Gasteiger partial charge in [0.15, 0.2) is 17.9 Å². The molecule has 1 aromatic heterocycles. The molecule has 1 N–H and O–H groups in total. The van der Waals surface area contributed by atoms with Gasteiger partial charge in [0.1, 0.15) is 6.17 Å². The van der Waals surface area contributed by atoms with Crippen molar-refractivity contribution in [3.63, 3.8) is 0 Å². The number of carbonyl (C=O) groups excluding carboxylic acids is 3. The number of aliphatic hydroxyl groups excluding tert-OH is 1. The van der Waals surface area contributed by atoms with Gasteiger partial charge in [0, 0.05) is 29.2 Å². The SMILES string of the molecule is CC(C)CCC(=O)OCC#CCSC(=O)[C@@]1(OC(=O)c2ccco2)[C@H](C)C[C@H]2[C@@H]3C[C@H](F)C4=COC=C[C@]4(C)[C@@]3(F)[C@@H](O)C[C@@]21C. The van der Waals surface area contributed by atoms with Gasteiger partial charge in [-0.3, -0.25) is 9.59 Å². The fourth-order valence-electron chi connectivity index (χ4n) is 8.51. The smallest absolute Gasteiger partial charge is 0.375 e. The summed E-state index contributed by atoms with van der Waals surface area (Å²) in [6, 6.07) is 2.94. The van der Waals surface area contributed by atoms with Gasteiger partial charge in [-0.25, -0.2) is 13.6 Å². The van der Waals surface area contributed by atoms with Crippen LogP contribution in [-0.4, -0.2) is 58.1 Å². The number of allylic oxidation sites excluding steroid dienone is 2. The summed E-state index contributed by atoms with van der Waals surface area (Å²) in [6.45, 7) is 8.99. The molecule has 1 aliphatic heterocycles. The first-order valence-corrected chi connectivity index (χ1v) is 16.8. The van der Waals surface area contributed by atoms with Gasteiger partial charge in [0.2, 0.25) is 10.9 Å². The molecule has 0 saturated heterocycles. The molecule has 8 nitrogen and oxygen atoms in total. The Morgan fingerprint density at radius 2 is 1.96 bits per heavy atom. The maximum absolute atomic E-state index is 17.6. The number of alkyl halides is 2. The molecule has 0 bridgehead atoms. The minimum atomic E-state index is -2.26. The van der Waals surface area contributed by atoms with Crippen molar-refractivity contribution >= 4 is 28.8 Å². The number of esters is 2. The molecule has 0 radical (unpaired) electrons. The quantitative estimate of drug-likeness (QED) is 0.252. The molecule has 0 spiro atoms. The molecule has 5 rings (SSSR count). The zero-order valence-electron chi connectivity index (χ0n) is 26.8. The number of fused-ring (bicyclic) bond motifs is 5. The average molecular weight is 661 g/mol. The normalized spacial score (nSPS) is 37.5. The number of halogens is 2. The van der Waals surface area contributed by atoms with Crippen molar-refractivity contribution < 1.29 is 46.9 Å². The third-order valence-corrected chi connectivity index (χ3v) is 11.7. The first-order valence-electron chi connectivity index (χ1n) is 15.8. The molecule has 3 saturated carbocycles. The van der Waals surface area contributed by atoms with Crippen LogP contribution in [0.1, 0.15) is 77.3 Å². The van der Waals surface area contributed by atoms with E-state index in [1.165, 1.54) is 37.0 Å². The van der Waals surface area contributed by atoms with E-state index in [0.717, 1.165) is 11.8 Å². The summed E-state index contributed by atoms with van der Waals surface area (Å²) in [5.74, 6) is 2.42. The molecule has 9 atom stereocenters. The summed E-state index contributed by atoms with van der Waals surface area (Å²) in [4.78, 5) is 39.7. The summed E-state index contributed by atoms with van der Waals surface area (Å²) >= 11 is 0.843. The van der Waals surface area contributed by atoms with Crippen molar-refractivity contribution in [3.8, 4) is 11.8 Å². The Hall–Kier alpha value is -3.10. The van der Waals surface area contributed by atoms with E-state index in [9.17, 15) is 19.5 Å². The van der Waals surface area contributed by atoms with Crippen LogP contribution in [0.25, 0.3) is 0 Å². The van der Waals surface area contributed by atoms with E-state index in [2.05, 4.69) is 11.8 Å². The lowest BCUT2D eigenvalue weighted by Crippen LogP contribution is -2.70. The fraction of sp³-hybridized carbons (Fsp3) is 0.629. The van der Waals surface area contributed by atoms with Gasteiger partial charge in [-0.05, 0) is 62.7 Å². The van der Waals surface area contributed by atoms with Crippen LogP contribution in [0.2, 0.25) is 0 Å². The Kier molecular flexibility index (Phi) is 9.55. The Morgan fingerprint density at radius 3 is 2.65 bits per heavy atom. The van der Waals surface area contributed by atoms with E-state index >= 15 is 8.78 Å². The van der Waals surface area contributed by atoms with Gasteiger partial charge in [-0.15, -0.1) is 0 Å². The molecule has 0 aromatic carbocycles. The van der Waals surface area contributed by atoms with E-state index < -0.39 is 63.2 Å². The number of hydrogen-bond donors (Lipinski definition) is 1. The monoisotopic (exact) mass is 660 g/mol. The van der Waals surface area contributed by atoms with Crippen molar-refractivity contribution in [1.82, 2.24) is 0 Å². The number of rotatable bonds is 8. The van der Waals surface area contributed by atoms with Crippen molar-refractivity contribution in [1.29, 1.82) is 0 Å². The lowest BCUT2D eigenvalue weighted by Gasteiger charge is -2.62. The second kappa shape index (κ2) is 12.8. The molecule has 250 valence electrons. The summed E-state index contributed by atoms with van der Waals surface area (Å²) in [5, 5.41) is 11.2. The number of thioether (sulfide) groups is 1. The second-order valence-corrected chi connectivity index (χ2v) is 14.7. The standard InChI is InChI=1S/C35H42F2O8S/c1-21(2)10-11-29(39)44-13-6-7-16-46-31(41)35(45-30(40)27-9-8-14-43-27)22(3)17-23-24-18-26(36)25-20-42-15-12-32(25,4)34(24,37)28(38)19-33(23,35)5/h8-9,12,14-15,20-24,26,28,38H,10-11,13,16-19H2,1-5H3/t22-,23+,24+,26+,28+,32+,33+,34+,35+/m1/s1. The van der Waals surface area contributed by atoms with Crippen molar-refractivity contribution in [2.75, 3.05) is 12.4 Å². The predicted molar refractivity (Wildman–Crippen MR) is 166 cm³/mol. The summed E-state index contributed by atoms with van der Waals surface area (Å²) in [5.41, 5.74) is -6.67. The third-order valence-electron chi connectivity index (χ3n) is 10.9. The van der Waals surface area contributed by atoms with Crippen LogP contribution in [0.3, 0.4) is 0 Å². The summed E-state index contributed by atoms with van der Waals surface area (Å²) in [7, 11) is 0. The third kappa shape index (κ3) is 5.39. The molecule has 0 unspecified atom stereocenters. The number of hydrogen-bond acceptors (Lipinski definition) is 9. The van der Waals surface area contributed by atoms with Gasteiger partial charge < -0.3 is 23.7 Å². The lowest BCUT2D eigenvalue weighted by molar-refractivity contribution is -0.222. The Bertz CT molecular complexity index is 1460. The minimum absolute atomic E-state index is 0.0124. The first kappa shape index (κ1) is 34.2. The number of aliphatic hydroxyl groups is 1. The van der Waals surface area contributed by atoms with Crippen LogP contribution in [0, 0.1) is 46.3 Å². The van der Waals surface area contributed by atoms with Crippen LogP contribution in [-0.2, 0) is 23.8 Å². The Labute approximate surface area is 272 Å². The van der Waals surface area contributed by atoms with Gasteiger partial charge in [0.05, 0.1) is 36.1 Å². The molecule has 11 heteroatoms. The first-order chi connectivity index (χ1) is 21.7. The molecule has 46 heavy (non-hydrogen) atoms. The van der Waals surface area contributed by atoms with Gasteiger partial charge in [0.25, 0.3) is 0 Å². The molecule has 3 fully saturated rings. The van der Waals surface area contributed by atoms with E-state index in [0.29, 0.717) is 18.8 Å². The zero-order chi connectivity index (χ0) is 33.5. The maximum Gasteiger partial charge on any atom is 0.375 e. The predicted octanol–water partition coefficient (Wildman–Crippen LogP) is 6.35. The minimum Gasteiger partial charge on any atom is -0.473 e.